The first-order valence-corrected chi connectivity index (χ1v) is 12.1. The van der Waals surface area contributed by atoms with Crippen molar-refractivity contribution in [2.45, 2.75) is 64.4 Å². The minimum atomic E-state index is -1.81. The molecular weight excluding hydrogens is 346 g/mol. The summed E-state index contributed by atoms with van der Waals surface area (Å²) in [6.45, 7) is 11.8. The van der Waals surface area contributed by atoms with Crippen molar-refractivity contribution in [3.63, 3.8) is 0 Å². The zero-order valence-corrected chi connectivity index (χ0v) is 17.5. The van der Waals surface area contributed by atoms with Crippen LogP contribution in [-0.4, -0.2) is 32.8 Å². The zero-order valence-electron chi connectivity index (χ0n) is 16.5. The van der Waals surface area contributed by atoms with Crippen molar-refractivity contribution < 1.29 is 18.8 Å². The molecule has 2 atom stereocenters. The van der Waals surface area contributed by atoms with Crippen LogP contribution in [0.15, 0.2) is 30.3 Å². The molecule has 1 saturated heterocycles. The van der Waals surface area contributed by atoms with Gasteiger partial charge in [0.25, 0.3) is 0 Å². The summed E-state index contributed by atoms with van der Waals surface area (Å²) in [7, 11) is -1.81. The van der Waals surface area contributed by atoms with E-state index >= 15 is 0 Å². The predicted octanol–water partition coefficient (Wildman–Crippen LogP) is 3.65. The quantitative estimate of drug-likeness (QED) is 0.427. The van der Waals surface area contributed by atoms with Gasteiger partial charge in [0.1, 0.15) is 6.61 Å². The highest BCUT2D eigenvalue weighted by atomic mass is 28.4. The lowest BCUT2D eigenvalue weighted by Crippen LogP contribution is -2.59. The summed E-state index contributed by atoms with van der Waals surface area (Å²) in [4.78, 5) is 23.9. The number of ether oxygens (including phenoxy) is 1. The molecule has 0 bridgehead atoms. The monoisotopic (exact) mass is 377 g/mol. The fourth-order valence-electron chi connectivity index (χ4n) is 2.64. The van der Waals surface area contributed by atoms with Crippen molar-refractivity contribution in [2.75, 3.05) is 6.61 Å². The lowest BCUT2D eigenvalue weighted by Gasteiger charge is -2.39. The van der Waals surface area contributed by atoms with Crippen molar-refractivity contribution in [1.29, 1.82) is 0 Å². The van der Waals surface area contributed by atoms with Gasteiger partial charge in [-0.15, -0.1) is 0 Å². The van der Waals surface area contributed by atoms with Gasteiger partial charge in [-0.2, -0.15) is 0 Å². The molecule has 1 aromatic carbocycles. The second-order valence-corrected chi connectivity index (χ2v) is 13.3. The number of hydrogen-bond donors (Lipinski definition) is 1. The number of rotatable bonds is 8. The Hall–Kier alpha value is -1.66. The third kappa shape index (κ3) is 5.41. The molecule has 1 heterocycles. The van der Waals surface area contributed by atoms with Gasteiger partial charge in [-0.05, 0) is 30.1 Å². The van der Waals surface area contributed by atoms with Crippen molar-refractivity contribution in [1.82, 2.24) is 5.32 Å². The number of carbonyl (C=O) groups is 2. The van der Waals surface area contributed by atoms with Gasteiger partial charge in [-0.1, -0.05) is 51.1 Å². The summed E-state index contributed by atoms with van der Waals surface area (Å²) >= 11 is 0. The molecule has 1 aliphatic heterocycles. The largest absolute Gasteiger partial charge is 0.461 e. The Balaban J connectivity index is 1.74. The minimum absolute atomic E-state index is 0.00434. The van der Waals surface area contributed by atoms with E-state index < -0.39 is 8.32 Å². The number of hydrogen-bond acceptors (Lipinski definition) is 4. The molecule has 5 nitrogen and oxygen atoms in total. The third-order valence-corrected chi connectivity index (χ3v) is 10.0. The molecule has 144 valence electrons. The molecule has 1 N–H and O–H groups in total. The molecule has 6 heteroatoms. The Labute approximate surface area is 157 Å². The molecule has 0 saturated carbocycles. The van der Waals surface area contributed by atoms with E-state index in [0.29, 0.717) is 13.0 Å². The van der Waals surface area contributed by atoms with Gasteiger partial charge in [-0.3, -0.25) is 9.59 Å². The molecule has 0 radical (unpaired) electrons. The van der Waals surface area contributed by atoms with Crippen molar-refractivity contribution in [3.8, 4) is 0 Å². The predicted molar refractivity (Wildman–Crippen MR) is 104 cm³/mol. The average Bonchev–Trinajstić information content (AvgIpc) is 2.56. The Morgan fingerprint density at radius 1 is 1.19 bits per heavy atom. The normalized spacial score (nSPS) is 20.3. The number of carbonyl (C=O) groups excluding carboxylic acids is 2. The maximum Gasteiger partial charge on any atom is 0.308 e. The molecule has 1 amide bonds. The number of benzene rings is 1. The molecular formula is C20H31NO4Si. The molecule has 0 aromatic heterocycles. The molecule has 2 rings (SSSR count). The summed E-state index contributed by atoms with van der Waals surface area (Å²) < 4.78 is 11.5. The number of β-lactam (4-membered cyclic amide) rings is 1. The number of nitrogens with one attached hydrogen (secondary N) is 1. The van der Waals surface area contributed by atoms with E-state index in [4.69, 9.17) is 9.16 Å². The highest BCUT2D eigenvalue weighted by Gasteiger charge is 2.42. The molecule has 1 aliphatic rings. The van der Waals surface area contributed by atoms with E-state index in [1.165, 1.54) is 0 Å². The summed E-state index contributed by atoms with van der Waals surface area (Å²) in [6, 6.07) is 9.43. The van der Waals surface area contributed by atoms with E-state index in [1.54, 1.807) is 0 Å². The van der Waals surface area contributed by atoms with Crippen LogP contribution >= 0.6 is 0 Å². The van der Waals surface area contributed by atoms with Gasteiger partial charge in [0.2, 0.25) is 5.91 Å². The number of amides is 1. The number of esters is 1. The van der Waals surface area contributed by atoms with Gasteiger partial charge in [0.05, 0.1) is 18.4 Å². The van der Waals surface area contributed by atoms with Crippen LogP contribution in [0.4, 0.5) is 0 Å². The molecule has 0 spiro atoms. The zero-order chi connectivity index (χ0) is 19.4. The molecule has 1 fully saturated rings. The summed E-state index contributed by atoms with van der Waals surface area (Å²) in [5.74, 6) is -0.442. The lowest BCUT2D eigenvalue weighted by atomic mass is 9.86. The Morgan fingerprint density at radius 2 is 1.85 bits per heavy atom. The molecule has 0 unspecified atom stereocenters. The van der Waals surface area contributed by atoms with E-state index in [2.05, 4.69) is 39.2 Å². The van der Waals surface area contributed by atoms with Crippen LogP contribution in [0.1, 0.15) is 39.2 Å². The van der Waals surface area contributed by atoms with Gasteiger partial charge in [0, 0.05) is 6.61 Å². The van der Waals surface area contributed by atoms with E-state index in [9.17, 15) is 9.59 Å². The van der Waals surface area contributed by atoms with Crippen LogP contribution in [0, 0.1) is 5.92 Å². The smallest absolute Gasteiger partial charge is 0.308 e. The SMILES string of the molecule is CC(C)(C)[Si](C)(C)OCC[C@@H]1C(=O)N[C@@H]1CC(=O)OCc1ccccc1. The van der Waals surface area contributed by atoms with Crippen LogP contribution in [0.25, 0.3) is 0 Å². The van der Waals surface area contributed by atoms with Crippen LogP contribution in [0.5, 0.6) is 0 Å². The van der Waals surface area contributed by atoms with E-state index in [-0.39, 0.29) is 41.9 Å². The molecule has 1 aromatic rings. The maximum atomic E-state index is 12.0. The first-order valence-electron chi connectivity index (χ1n) is 9.24. The molecule has 0 aliphatic carbocycles. The standard InChI is InChI=1S/C20H31NO4Si/c1-20(2,3)26(4,5)25-12-11-16-17(21-19(16)23)13-18(22)24-14-15-9-7-6-8-10-15/h6-10,16-17H,11-14H2,1-5H3,(H,21,23)/t16-,17+/m0/s1. The van der Waals surface area contributed by atoms with Crippen molar-refractivity contribution in [3.05, 3.63) is 35.9 Å². The van der Waals surface area contributed by atoms with Crippen LogP contribution in [0.3, 0.4) is 0 Å². The van der Waals surface area contributed by atoms with Gasteiger partial charge >= 0.3 is 5.97 Å². The average molecular weight is 378 g/mol. The van der Waals surface area contributed by atoms with Crippen LogP contribution < -0.4 is 5.32 Å². The van der Waals surface area contributed by atoms with Gasteiger partial charge in [0.15, 0.2) is 8.32 Å². The van der Waals surface area contributed by atoms with Gasteiger partial charge < -0.3 is 14.5 Å². The highest BCUT2D eigenvalue weighted by molar-refractivity contribution is 6.74. The Morgan fingerprint density at radius 3 is 2.42 bits per heavy atom. The van der Waals surface area contributed by atoms with Crippen LogP contribution in [-0.2, 0) is 25.4 Å². The first-order chi connectivity index (χ1) is 12.1. The Kier molecular flexibility index (Phi) is 6.63. The summed E-state index contributed by atoms with van der Waals surface area (Å²) in [6.07, 6.45) is 0.859. The third-order valence-electron chi connectivity index (χ3n) is 5.48. The van der Waals surface area contributed by atoms with E-state index in [1.807, 2.05) is 30.3 Å². The highest BCUT2D eigenvalue weighted by Crippen LogP contribution is 2.37. The van der Waals surface area contributed by atoms with Gasteiger partial charge in [-0.25, -0.2) is 0 Å². The lowest BCUT2D eigenvalue weighted by molar-refractivity contribution is -0.149. The maximum absolute atomic E-state index is 12.0. The van der Waals surface area contributed by atoms with Crippen molar-refractivity contribution >= 4 is 20.2 Å². The first kappa shape index (κ1) is 20.6. The Bertz CT molecular complexity index is 624. The van der Waals surface area contributed by atoms with Crippen molar-refractivity contribution in [2.24, 2.45) is 5.92 Å². The second-order valence-electron chi connectivity index (χ2n) is 8.47. The van der Waals surface area contributed by atoms with Crippen LogP contribution in [0.2, 0.25) is 18.1 Å². The fourth-order valence-corrected chi connectivity index (χ4v) is 3.70. The topological polar surface area (TPSA) is 64.6 Å². The molecule has 26 heavy (non-hydrogen) atoms. The fraction of sp³-hybridized carbons (Fsp3) is 0.600. The summed E-state index contributed by atoms with van der Waals surface area (Å²) in [5.41, 5.74) is 0.956. The minimum Gasteiger partial charge on any atom is -0.461 e. The second kappa shape index (κ2) is 8.35. The van der Waals surface area contributed by atoms with E-state index in [0.717, 1.165) is 5.56 Å². The summed E-state index contributed by atoms with van der Waals surface area (Å²) in [5, 5.41) is 2.96.